The van der Waals surface area contributed by atoms with Gasteiger partial charge in [0.1, 0.15) is 46.2 Å². The van der Waals surface area contributed by atoms with E-state index in [9.17, 15) is 10.0 Å². The van der Waals surface area contributed by atoms with Gasteiger partial charge in [0.2, 0.25) is 0 Å². The number of nitrogens with zero attached hydrogens (tertiary/aromatic N) is 4. The van der Waals surface area contributed by atoms with Crippen molar-refractivity contribution < 1.29 is 18.9 Å². The van der Waals surface area contributed by atoms with Crippen molar-refractivity contribution in [3.63, 3.8) is 0 Å². The molecule has 12 heteroatoms. The van der Waals surface area contributed by atoms with Crippen LogP contribution >= 0.6 is 34.3 Å². The van der Waals surface area contributed by atoms with Crippen molar-refractivity contribution in [2.24, 2.45) is 0 Å². The van der Waals surface area contributed by atoms with Gasteiger partial charge in [0.25, 0.3) is 0 Å². The topological polar surface area (TPSA) is 118 Å². The maximum atomic E-state index is 9.27. The van der Waals surface area contributed by atoms with E-state index >= 15 is 0 Å². The zero-order chi connectivity index (χ0) is 79.9. The Morgan fingerprint density at radius 3 is 1.05 bits per heavy atom. The van der Waals surface area contributed by atoms with Crippen LogP contribution in [0.2, 0.25) is 5.02 Å². The molecule has 0 spiro atoms. The summed E-state index contributed by atoms with van der Waals surface area (Å²) >= 11 is 9.96. The highest BCUT2D eigenvalue weighted by Crippen LogP contribution is 2.46. The van der Waals surface area contributed by atoms with Gasteiger partial charge in [-0.15, -0.1) is 22.7 Å². The molecule has 0 unspecified atom stereocenters. The molecular formula is C108H66BClN4O4S2. The van der Waals surface area contributed by atoms with Gasteiger partial charge in [0, 0.05) is 67.3 Å². The van der Waals surface area contributed by atoms with Gasteiger partial charge < -0.3 is 18.9 Å². The molecule has 8 nitrogen and oxygen atoms in total. The van der Waals surface area contributed by atoms with Crippen LogP contribution in [0.15, 0.2) is 398 Å². The van der Waals surface area contributed by atoms with Crippen molar-refractivity contribution in [2.45, 2.75) is 0 Å². The molecule has 0 saturated heterocycles. The number of furan rings is 2. The molecule has 0 fully saturated rings. The van der Waals surface area contributed by atoms with Gasteiger partial charge in [0.05, 0.1) is 0 Å². The zero-order valence-electron chi connectivity index (χ0n) is 64.2. The Hall–Kier alpha value is -14.5. The van der Waals surface area contributed by atoms with Crippen molar-refractivity contribution in [1.82, 2.24) is 19.9 Å². The number of halogens is 1. The van der Waals surface area contributed by atoms with Gasteiger partial charge in [-0.3, -0.25) is 0 Å². The minimum absolute atomic E-state index is 0.510. The molecule has 6 aromatic heterocycles. The van der Waals surface area contributed by atoms with Gasteiger partial charge in [-0.1, -0.05) is 291 Å². The monoisotopic (exact) mass is 1590 g/mol. The predicted octanol–water partition coefficient (Wildman–Crippen LogP) is 29.1. The summed E-state index contributed by atoms with van der Waals surface area (Å²) < 4.78 is 18.0. The maximum absolute atomic E-state index is 9.27. The Labute approximate surface area is 702 Å². The van der Waals surface area contributed by atoms with E-state index in [0.29, 0.717) is 21.7 Å². The summed E-state index contributed by atoms with van der Waals surface area (Å²) in [7, 11) is -1.43. The summed E-state index contributed by atoms with van der Waals surface area (Å²) in [6.07, 6.45) is 3.24. The first-order valence-electron chi connectivity index (χ1n) is 39.8. The first-order chi connectivity index (χ1) is 59.1. The first kappa shape index (κ1) is 72.0. The standard InChI is InChI=1S/C54H32N2OS.C34H19ClN2OS.C20H15BO2/c1-2-9-34-26-37(19-18-33(34)8-1)38-20-21-40-28-41(23-22-39(40)27-38)42-24-25-49-48(31-42)52-53(57-49)51(55-32-56-52)44-13-6-11-36(30-44)35-10-5-12-43(29-35)45-15-7-16-47-46-14-3-4-17-50(46)58-54(45)47;35-24-14-15-29-28(18-24)32-33(38-29)31(36-19-37-32)23-9-4-7-21(17-23)20-6-3-8-22(16-20)25-11-5-12-27-26-10-1-2-13-30(26)39-34(25)27;22-21(23)20-10-9-18-12-17(7-8-19(18)13-20)16-6-5-14-3-1-2-4-15(14)11-16/h1-32H;1-19H;1-13,22-23H. The first-order valence-corrected chi connectivity index (χ1v) is 41.8. The normalized spacial score (nSPS) is 11.6. The highest BCUT2D eigenvalue weighted by Gasteiger charge is 2.21. The number of benzene rings is 18. The summed E-state index contributed by atoms with van der Waals surface area (Å²) in [6, 6.07) is 132. The van der Waals surface area contributed by atoms with E-state index < -0.39 is 7.12 Å². The second-order valence-corrected chi connectivity index (χ2v) is 32.9. The third-order valence-corrected chi connectivity index (χ3v) is 25.7. The Balaban J connectivity index is 0.000000119. The van der Waals surface area contributed by atoms with Gasteiger partial charge in [-0.25, -0.2) is 19.9 Å². The lowest BCUT2D eigenvalue weighted by Gasteiger charge is -2.09. The lowest BCUT2D eigenvalue weighted by Crippen LogP contribution is -2.29. The molecule has 0 radical (unpaired) electrons. The summed E-state index contributed by atoms with van der Waals surface area (Å²) in [5, 5.41) is 35.8. The molecule has 18 aromatic carbocycles. The molecule has 0 atom stereocenters. The van der Waals surface area contributed by atoms with Crippen LogP contribution < -0.4 is 5.46 Å². The van der Waals surface area contributed by atoms with Crippen LogP contribution in [0.1, 0.15) is 0 Å². The van der Waals surface area contributed by atoms with E-state index in [1.54, 1.807) is 18.7 Å². The van der Waals surface area contributed by atoms with E-state index in [4.69, 9.17) is 30.4 Å². The number of rotatable bonds is 10. The van der Waals surface area contributed by atoms with Crippen molar-refractivity contribution in [3.05, 3.63) is 394 Å². The minimum atomic E-state index is -1.43. The van der Waals surface area contributed by atoms with E-state index in [-0.39, 0.29) is 0 Å². The van der Waals surface area contributed by atoms with Crippen molar-refractivity contribution in [3.8, 4) is 100 Å². The predicted molar refractivity (Wildman–Crippen MR) is 505 cm³/mol. The van der Waals surface area contributed by atoms with Crippen LogP contribution in [0, 0.1) is 0 Å². The van der Waals surface area contributed by atoms with Crippen LogP contribution in [0.3, 0.4) is 0 Å². The van der Waals surface area contributed by atoms with Gasteiger partial charge >= 0.3 is 7.12 Å². The molecule has 0 aliphatic carbocycles. The maximum Gasteiger partial charge on any atom is 0.488 e. The highest BCUT2D eigenvalue weighted by atomic mass is 35.5. The Kier molecular flexibility index (Phi) is 18.1. The van der Waals surface area contributed by atoms with E-state index in [0.717, 1.165) is 105 Å². The van der Waals surface area contributed by atoms with Crippen molar-refractivity contribution in [1.29, 1.82) is 0 Å². The van der Waals surface area contributed by atoms with Gasteiger partial charge in [-0.05, 0) is 224 Å². The van der Waals surface area contributed by atoms with Crippen LogP contribution in [0.25, 0.3) is 228 Å². The molecule has 0 bridgehead atoms. The molecule has 120 heavy (non-hydrogen) atoms. The van der Waals surface area contributed by atoms with Crippen LogP contribution in [-0.4, -0.2) is 37.1 Å². The average molecular weight is 1590 g/mol. The molecule has 24 aromatic rings. The molecule has 0 aliphatic rings. The largest absolute Gasteiger partial charge is 0.488 e. The minimum Gasteiger partial charge on any atom is -0.452 e. The van der Waals surface area contributed by atoms with Crippen LogP contribution in [-0.2, 0) is 0 Å². The highest BCUT2D eigenvalue weighted by molar-refractivity contribution is 7.26. The molecule has 0 saturated carbocycles. The molecule has 6 heterocycles. The van der Waals surface area contributed by atoms with Gasteiger partial charge in [0.15, 0.2) is 11.2 Å². The molecule has 0 aliphatic heterocycles. The number of aromatic nitrogens is 4. The summed E-state index contributed by atoms with van der Waals surface area (Å²) in [5.74, 6) is 0. The van der Waals surface area contributed by atoms with E-state index in [1.807, 2.05) is 71.2 Å². The van der Waals surface area contributed by atoms with E-state index in [2.05, 4.69) is 331 Å². The number of fused-ring (bicyclic) bond motifs is 16. The molecular weight excluding hydrogens is 1530 g/mol. The smallest absolute Gasteiger partial charge is 0.452 e. The average Bonchev–Trinajstić information content (AvgIpc) is 1.63. The number of thiophene rings is 2. The Bertz CT molecular complexity index is 8230. The fraction of sp³-hybridized carbons (Fsp3) is 0. The lowest BCUT2D eigenvalue weighted by atomic mass is 9.79. The molecule has 564 valence electrons. The molecule has 24 rings (SSSR count). The number of hydrogen-bond donors (Lipinski definition) is 2. The van der Waals surface area contributed by atoms with Crippen LogP contribution in [0.4, 0.5) is 0 Å². The Morgan fingerprint density at radius 2 is 0.583 bits per heavy atom. The molecule has 0 amide bonds. The Morgan fingerprint density at radius 1 is 0.250 bits per heavy atom. The summed E-state index contributed by atoms with van der Waals surface area (Å²) in [5.41, 5.74) is 25.0. The summed E-state index contributed by atoms with van der Waals surface area (Å²) in [6.45, 7) is 0. The number of hydrogen-bond acceptors (Lipinski definition) is 10. The third-order valence-electron chi connectivity index (χ3n) is 23.1. The zero-order valence-corrected chi connectivity index (χ0v) is 66.6. The van der Waals surface area contributed by atoms with Crippen molar-refractivity contribution in [2.75, 3.05) is 0 Å². The van der Waals surface area contributed by atoms with E-state index in [1.165, 1.54) is 112 Å². The van der Waals surface area contributed by atoms with Crippen LogP contribution in [0.5, 0.6) is 0 Å². The fourth-order valence-corrected chi connectivity index (χ4v) is 19.7. The second-order valence-electron chi connectivity index (χ2n) is 30.3. The fourth-order valence-electron chi connectivity index (χ4n) is 17.0. The summed E-state index contributed by atoms with van der Waals surface area (Å²) in [4.78, 5) is 18.7. The van der Waals surface area contributed by atoms with Gasteiger partial charge in [-0.2, -0.15) is 0 Å². The molecule has 2 N–H and O–H groups in total. The SMILES string of the molecule is Clc1ccc2oc3c(-c4cccc(-c5cccc(-c6cccc7c6sc6ccccc67)c5)c4)ncnc3c2c1.OB(O)c1ccc2cc(-c3ccc4ccccc4c3)ccc2c1.c1cc(-c2cccc(-c3cccc4c3sc3ccccc34)c2)cc(-c2ncnc3c2oc2ccc(-c4ccc5cc(-c6ccc7ccccc7c6)ccc5c4)cc23)c1. The van der Waals surface area contributed by atoms with Crippen molar-refractivity contribution >= 4 is 174 Å². The third kappa shape index (κ3) is 13.3. The quantitative estimate of drug-likeness (QED) is 0.130. The second kappa shape index (κ2) is 30.2. The lowest BCUT2D eigenvalue weighted by molar-refractivity contribution is 0.426.